The van der Waals surface area contributed by atoms with Crippen LogP contribution in [-0.2, 0) is 61.6 Å². The molecular weight excluding hydrogens is 1640 g/mol. The number of amides is 4. The summed E-state index contributed by atoms with van der Waals surface area (Å²) in [4.78, 5) is 82.0. The monoisotopic (exact) mass is 1750 g/mol. The van der Waals surface area contributed by atoms with Crippen LogP contribution < -0.4 is 30.3 Å². The maximum absolute atomic E-state index is 14.6. The van der Waals surface area contributed by atoms with Crippen LogP contribution in [0.4, 0.5) is 24.5 Å². The zero-order valence-corrected chi connectivity index (χ0v) is 72.4. The molecule has 2 aliphatic carbocycles. The van der Waals surface area contributed by atoms with E-state index in [1.54, 1.807) is 71.5 Å². The molecule has 4 N–H and O–H groups in total. The first-order chi connectivity index (χ1) is 57.7. The minimum Gasteiger partial charge on any atom is -0.491 e. The Morgan fingerprint density at radius 1 is 0.750 bits per heavy atom. The van der Waals surface area contributed by atoms with E-state index in [0.29, 0.717) is 137 Å². The molecular formula is C86H109ClF3N13O13S4. The summed E-state index contributed by atoms with van der Waals surface area (Å²) in [5.41, 5.74) is 0.0237. The van der Waals surface area contributed by atoms with E-state index in [2.05, 4.69) is 66.9 Å². The molecule has 0 spiro atoms. The average Bonchev–Trinajstić information content (AvgIpc) is 0.898. The van der Waals surface area contributed by atoms with Crippen molar-refractivity contribution in [1.82, 2.24) is 54.9 Å². The summed E-state index contributed by atoms with van der Waals surface area (Å²) in [5, 5.41) is 20.6. The first-order valence-electron chi connectivity index (χ1n) is 41.3. The number of alkyl halides is 3. The highest BCUT2D eigenvalue weighted by Crippen LogP contribution is 2.44. The molecule has 3 aliphatic heterocycles. The van der Waals surface area contributed by atoms with Gasteiger partial charge in [-0.3, -0.25) is 38.5 Å². The molecule has 2 aromatic heterocycles. The molecule has 5 aliphatic rings. The largest absolute Gasteiger partial charge is 0.501 e. The number of benzene rings is 5. The molecule has 4 atom stereocenters. The number of sulfonamides is 1. The number of ether oxygens (including phenoxy) is 4. The molecule has 12 rings (SSSR count). The number of sulfone groups is 1. The number of aromatic nitrogens is 4. The summed E-state index contributed by atoms with van der Waals surface area (Å²) in [6.45, 7) is 15.5. The number of anilines is 2. The summed E-state index contributed by atoms with van der Waals surface area (Å²) in [5.74, 6) is -0.780. The molecule has 26 nitrogen and oxygen atoms in total. The number of piperazine rings is 2. The van der Waals surface area contributed by atoms with Gasteiger partial charge in [-0.05, 0) is 173 Å². The summed E-state index contributed by atoms with van der Waals surface area (Å²) in [6.07, 6.45) is 12.4. The topological polar surface area (TPSA) is 298 Å². The lowest BCUT2D eigenvalue weighted by Crippen LogP contribution is -2.55. The Kier molecular flexibility index (Phi) is 32.3. The molecule has 5 heterocycles. The van der Waals surface area contributed by atoms with Gasteiger partial charge >= 0.3 is 5.51 Å². The minimum absolute atomic E-state index is 0.0294. The number of thiazole rings is 1. The number of likely N-dealkylation sites (N-methyl/N-ethyl adjacent to an activating group) is 1. The lowest BCUT2D eigenvalue weighted by atomic mass is 9.73. The number of ketones is 1. The van der Waals surface area contributed by atoms with Crippen molar-refractivity contribution in [2.45, 2.75) is 162 Å². The van der Waals surface area contributed by atoms with Crippen LogP contribution in [0.25, 0.3) is 5.57 Å². The molecule has 4 unspecified atom stereocenters. The third kappa shape index (κ3) is 25.0. The number of rotatable bonds is 40. The molecule has 7 aromatic rings. The van der Waals surface area contributed by atoms with Gasteiger partial charge in [0.25, 0.3) is 25.8 Å². The Balaban J connectivity index is 0.535. The maximum Gasteiger partial charge on any atom is 0.501 e. The number of halogens is 4. The smallest absolute Gasteiger partial charge is 0.491 e. The fourth-order valence-corrected chi connectivity index (χ4v) is 20.0. The minimum atomic E-state index is -6.17. The molecule has 648 valence electrons. The van der Waals surface area contributed by atoms with Crippen molar-refractivity contribution in [1.29, 1.82) is 0 Å². The third-order valence-electron chi connectivity index (χ3n) is 22.8. The van der Waals surface area contributed by atoms with Crippen molar-refractivity contribution in [3.8, 4) is 5.75 Å². The van der Waals surface area contributed by atoms with Crippen molar-refractivity contribution in [3.05, 3.63) is 177 Å². The fraction of sp³-hybridized carbons (Fsp3) is 0.512. The predicted molar refractivity (Wildman–Crippen MR) is 456 cm³/mol. The van der Waals surface area contributed by atoms with Gasteiger partial charge in [0.2, 0.25) is 23.5 Å². The average molecular weight is 1750 g/mol. The standard InChI is InChI=1S/C86H109ClF3N13O13S4/c1-60(91-4)81(106)94-79(62-14-7-5-8-15-62)84(108)103-36-12-20-76(103)83-93-75(59-118-83)80(105)64-16-11-17-70(52-64)116-51-50-114-47-46-113-48-49-115-57-68-56-102(97-95-68)35-13-21-78(104)101-44-38-98(39-45-101)37-33-67(58-117-71-18-9-6-10-19-71)92-74-31-30-72(53-77(74)119(109,110)86(88,89)90)120(111,112)96-82(107)63-24-28-69(29-25-63)100-42-40-99(41-43-100)55-65-54-85(2,3)34-32-73(65)61-22-26-66(87)27-23-61/h6,9-11,16-19,22-31,52-53,56,59-60,62,67,76,79,91-92H,5,7-8,12-15,20-21,32-51,54-55,57-58H2,1-4H3,(H,94,106)(H,96,107). The Morgan fingerprint density at radius 2 is 1.46 bits per heavy atom. The molecule has 0 bridgehead atoms. The van der Waals surface area contributed by atoms with E-state index in [1.165, 1.54) is 51.9 Å². The van der Waals surface area contributed by atoms with Gasteiger partial charge in [0.15, 0.2) is 0 Å². The van der Waals surface area contributed by atoms with Crippen molar-refractivity contribution < 1.29 is 72.9 Å². The third-order valence-corrected chi connectivity index (χ3v) is 28.1. The van der Waals surface area contributed by atoms with E-state index in [-0.39, 0.29) is 78.4 Å². The number of hydrogen-bond acceptors (Lipinski definition) is 23. The normalized spacial score (nSPS) is 18.0. The Hall–Kier alpha value is -8.35. The number of carbonyl (C=O) groups excluding carboxylic acids is 5. The Bertz CT molecular complexity index is 4870. The molecule has 4 fully saturated rings. The summed E-state index contributed by atoms with van der Waals surface area (Å²) in [7, 11) is -9.39. The van der Waals surface area contributed by atoms with Gasteiger partial charge in [0, 0.05) is 129 Å². The first kappa shape index (κ1) is 90.9. The van der Waals surface area contributed by atoms with E-state index in [1.807, 2.05) is 52.1 Å². The molecule has 5 aromatic carbocycles. The highest BCUT2D eigenvalue weighted by Gasteiger charge is 2.49. The number of carbonyl (C=O) groups is 5. The SMILES string of the molecule is CNC(C)C(=O)NC(C(=O)N1CCCC1c1nc(C(=O)c2cccc(OCCOCCOCCOCc3cn(CCCC(=O)N4CCN(CCC(CSc5ccccc5)Nc5ccc(S(=O)(=O)NC(=O)c6ccc(N7CCN(CC8=C(c9ccc(Cl)cc9)CCC(C)(C)C8)CC7)cc6)cc5S(=O)(=O)C(F)(F)F)CC4)nn3)c2)cs1)C1CCCCC1. The van der Waals surface area contributed by atoms with Crippen molar-refractivity contribution in [2.75, 3.05) is 135 Å². The highest BCUT2D eigenvalue weighted by atomic mass is 35.5. The second-order valence-electron chi connectivity index (χ2n) is 32.0. The number of hydrogen-bond donors (Lipinski definition) is 4. The van der Waals surface area contributed by atoms with Gasteiger partial charge in [0.1, 0.15) is 39.7 Å². The lowest BCUT2D eigenvalue weighted by Gasteiger charge is -2.39. The van der Waals surface area contributed by atoms with Gasteiger partial charge in [-0.2, -0.15) is 13.2 Å². The van der Waals surface area contributed by atoms with Crippen LogP contribution >= 0.6 is 34.7 Å². The summed E-state index contributed by atoms with van der Waals surface area (Å²) < 4.78 is 125. The molecule has 34 heteroatoms. The van der Waals surface area contributed by atoms with Crippen LogP contribution in [-0.4, -0.2) is 234 Å². The molecule has 4 amide bonds. The zero-order valence-electron chi connectivity index (χ0n) is 68.4. The number of nitrogens with zero attached hydrogens (tertiary/aromatic N) is 9. The van der Waals surface area contributed by atoms with Crippen LogP contribution in [0.3, 0.4) is 0 Å². The molecule has 120 heavy (non-hydrogen) atoms. The van der Waals surface area contributed by atoms with Gasteiger partial charge in [-0.25, -0.2) is 26.5 Å². The number of nitrogens with one attached hydrogen (secondary N) is 4. The molecule has 3 saturated heterocycles. The zero-order chi connectivity index (χ0) is 85.0. The van der Waals surface area contributed by atoms with Crippen LogP contribution in [0, 0.1) is 11.3 Å². The first-order valence-corrected chi connectivity index (χ1v) is 46.5. The number of thioether (sulfide) groups is 1. The van der Waals surface area contributed by atoms with Gasteiger partial charge in [-0.15, -0.1) is 28.2 Å². The van der Waals surface area contributed by atoms with Crippen molar-refractivity contribution >= 4 is 101 Å². The summed E-state index contributed by atoms with van der Waals surface area (Å²) >= 11 is 9.00. The van der Waals surface area contributed by atoms with Crippen LogP contribution in [0.5, 0.6) is 5.75 Å². The second-order valence-corrected chi connectivity index (χ2v) is 38.0. The van der Waals surface area contributed by atoms with Crippen LogP contribution in [0.15, 0.2) is 153 Å². The lowest BCUT2D eigenvalue weighted by molar-refractivity contribution is -0.139. The van der Waals surface area contributed by atoms with E-state index in [0.717, 1.165) is 107 Å². The van der Waals surface area contributed by atoms with Gasteiger partial charge < -0.3 is 49.6 Å². The second kappa shape index (κ2) is 42.6. The highest BCUT2D eigenvalue weighted by molar-refractivity contribution is 7.99. The number of likely N-dealkylation sites (tertiary alicyclic amines) is 1. The number of allylic oxidation sites excluding steroid dienone is 1. The van der Waals surface area contributed by atoms with Crippen LogP contribution in [0.2, 0.25) is 5.02 Å². The molecule has 0 radical (unpaired) electrons. The predicted octanol–water partition coefficient (Wildman–Crippen LogP) is 12.4. The van der Waals surface area contributed by atoms with Crippen molar-refractivity contribution in [3.63, 3.8) is 0 Å². The van der Waals surface area contributed by atoms with Crippen molar-refractivity contribution in [2.24, 2.45) is 11.3 Å². The quantitative estimate of drug-likeness (QED) is 0.0158. The van der Waals surface area contributed by atoms with Gasteiger partial charge in [0.05, 0.1) is 68.5 Å². The van der Waals surface area contributed by atoms with E-state index in [9.17, 15) is 54.0 Å². The Labute approximate surface area is 714 Å². The number of aryl methyl sites for hydroxylation is 1. The van der Waals surface area contributed by atoms with E-state index in [4.69, 9.17) is 35.5 Å². The van der Waals surface area contributed by atoms with Gasteiger partial charge in [-0.1, -0.05) is 98.0 Å². The maximum atomic E-state index is 14.6. The molecule has 1 saturated carbocycles. The van der Waals surface area contributed by atoms with E-state index < -0.39 is 64.9 Å². The van der Waals surface area contributed by atoms with E-state index >= 15 is 0 Å². The summed E-state index contributed by atoms with van der Waals surface area (Å²) in [6, 6.07) is 31.0. The Morgan fingerprint density at radius 3 is 2.17 bits per heavy atom. The van der Waals surface area contributed by atoms with Crippen LogP contribution in [0.1, 0.15) is 153 Å². The fourth-order valence-electron chi connectivity index (χ4n) is 15.9.